The summed E-state index contributed by atoms with van der Waals surface area (Å²) in [5, 5.41) is 7.07. The van der Waals surface area contributed by atoms with Crippen molar-refractivity contribution in [2.75, 3.05) is 0 Å². The Hall–Kier alpha value is -6.83. The van der Waals surface area contributed by atoms with Crippen LogP contribution in [0.2, 0.25) is 0 Å². The Morgan fingerprint density at radius 3 is 1.17 bits per heavy atom. The Labute approximate surface area is 303 Å². The number of benzene rings is 9. The summed E-state index contributed by atoms with van der Waals surface area (Å²) < 4.78 is 0. The molecule has 1 heteroatoms. The highest BCUT2D eigenvalue weighted by Crippen LogP contribution is 2.43. The maximum Gasteiger partial charge on any atom is 0.0794 e. The number of aromatic nitrogens is 1. The van der Waals surface area contributed by atoms with Gasteiger partial charge >= 0.3 is 0 Å². The third-order valence-corrected chi connectivity index (χ3v) is 10.4. The summed E-state index contributed by atoms with van der Waals surface area (Å²) in [5.41, 5.74) is 14.1. The van der Waals surface area contributed by atoms with Crippen LogP contribution < -0.4 is 0 Å². The number of nitrogens with zero attached hydrogens (tertiary/aromatic N) is 1. The largest absolute Gasteiger partial charge is 0.246 e. The SMILES string of the molecule is c1ccc(-c2cccc(-c3ccccc3)c2-c2cccc(-c3cccc(-c4c5ccc6ccccc6c5nc5c4ccc4ccccc45)c3)c2)cc1. The lowest BCUT2D eigenvalue weighted by Crippen LogP contribution is -1.93. The van der Waals surface area contributed by atoms with Crippen LogP contribution in [0.4, 0.5) is 0 Å². The monoisotopic (exact) mass is 659 g/mol. The molecular formula is C51H33N. The summed E-state index contributed by atoms with van der Waals surface area (Å²) in [6, 6.07) is 72.4. The third kappa shape index (κ3) is 5.06. The van der Waals surface area contributed by atoms with Crippen LogP contribution in [0.15, 0.2) is 200 Å². The van der Waals surface area contributed by atoms with E-state index >= 15 is 0 Å². The van der Waals surface area contributed by atoms with Gasteiger partial charge in [-0.05, 0) is 73.0 Å². The highest BCUT2D eigenvalue weighted by Gasteiger charge is 2.18. The van der Waals surface area contributed by atoms with E-state index in [0.29, 0.717) is 0 Å². The molecule has 0 aliphatic heterocycles. The fourth-order valence-corrected chi connectivity index (χ4v) is 8.01. The molecule has 10 aromatic rings. The molecule has 0 fully saturated rings. The molecule has 242 valence electrons. The Morgan fingerprint density at radius 1 is 0.250 bits per heavy atom. The maximum atomic E-state index is 5.41. The molecule has 1 aromatic heterocycles. The van der Waals surface area contributed by atoms with Gasteiger partial charge in [0.1, 0.15) is 0 Å². The fraction of sp³-hybridized carbons (Fsp3) is 0. The summed E-state index contributed by atoms with van der Waals surface area (Å²) in [4.78, 5) is 5.41. The second-order valence-electron chi connectivity index (χ2n) is 13.5. The van der Waals surface area contributed by atoms with E-state index in [1.165, 1.54) is 77.2 Å². The average Bonchev–Trinajstić information content (AvgIpc) is 3.23. The first kappa shape index (κ1) is 30.0. The molecule has 0 atom stereocenters. The zero-order valence-corrected chi connectivity index (χ0v) is 28.5. The van der Waals surface area contributed by atoms with Crippen molar-refractivity contribution in [2.45, 2.75) is 0 Å². The number of fused-ring (bicyclic) bond motifs is 6. The van der Waals surface area contributed by atoms with Gasteiger partial charge in [0.2, 0.25) is 0 Å². The van der Waals surface area contributed by atoms with Gasteiger partial charge < -0.3 is 0 Å². The minimum atomic E-state index is 1.04. The summed E-state index contributed by atoms with van der Waals surface area (Å²) in [6.45, 7) is 0. The number of rotatable bonds is 5. The Bertz CT molecular complexity index is 2790. The molecule has 0 spiro atoms. The molecule has 52 heavy (non-hydrogen) atoms. The molecule has 1 nitrogen and oxygen atoms in total. The van der Waals surface area contributed by atoms with Crippen LogP contribution >= 0.6 is 0 Å². The maximum absolute atomic E-state index is 5.41. The molecule has 0 unspecified atom stereocenters. The van der Waals surface area contributed by atoms with E-state index in [-0.39, 0.29) is 0 Å². The van der Waals surface area contributed by atoms with E-state index in [0.717, 1.165) is 21.8 Å². The van der Waals surface area contributed by atoms with Gasteiger partial charge in [0.05, 0.1) is 11.0 Å². The van der Waals surface area contributed by atoms with Crippen LogP contribution in [0, 0.1) is 0 Å². The lowest BCUT2D eigenvalue weighted by atomic mass is 9.86. The van der Waals surface area contributed by atoms with Gasteiger partial charge in [-0.25, -0.2) is 4.98 Å². The highest BCUT2D eigenvalue weighted by molar-refractivity contribution is 6.21. The molecule has 9 aromatic carbocycles. The van der Waals surface area contributed by atoms with Crippen molar-refractivity contribution in [1.82, 2.24) is 4.98 Å². The summed E-state index contributed by atoms with van der Waals surface area (Å²) in [6.07, 6.45) is 0. The second kappa shape index (κ2) is 12.5. The smallest absolute Gasteiger partial charge is 0.0794 e. The first-order valence-electron chi connectivity index (χ1n) is 17.9. The van der Waals surface area contributed by atoms with E-state index in [4.69, 9.17) is 4.98 Å². The van der Waals surface area contributed by atoms with Crippen molar-refractivity contribution in [3.05, 3.63) is 200 Å². The van der Waals surface area contributed by atoms with Gasteiger partial charge in [-0.15, -0.1) is 0 Å². The van der Waals surface area contributed by atoms with Crippen LogP contribution in [0.25, 0.3) is 99.0 Å². The molecule has 0 aliphatic rings. The lowest BCUT2D eigenvalue weighted by Gasteiger charge is -2.18. The fourth-order valence-electron chi connectivity index (χ4n) is 8.01. The van der Waals surface area contributed by atoms with Gasteiger partial charge in [0.25, 0.3) is 0 Å². The zero-order valence-electron chi connectivity index (χ0n) is 28.5. The quantitative estimate of drug-likeness (QED) is 0.132. The first-order chi connectivity index (χ1) is 25.8. The number of hydrogen-bond donors (Lipinski definition) is 0. The van der Waals surface area contributed by atoms with Crippen molar-refractivity contribution in [3.63, 3.8) is 0 Å². The Kier molecular flexibility index (Phi) is 7.22. The van der Waals surface area contributed by atoms with Crippen molar-refractivity contribution in [3.8, 4) is 55.6 Å². The molecule has 0 aliphatic carbocycles. The van der Waals surface area contributed by atoms with Gasteiger partial charge in [-0.3, -0.25) is 0 Å². The molecule has 0 bridgehead atoms. The Morgan fingerprint density at radius 2 is 0.654 bits per heavy atom. The predicted molar refractivity (Wildman–Crippen MR) is 221 cm³/mol. The normalized spacial score (nSPS) is 11.5. The van der Waals surface area contributed by atoms with Crippen molar-refractivity contribution in [2.24, 2.45) is 0 Å². The minimum Gasteiger partial charge on any atom is -0.246 e. The van der Waals surface area contributed by atoms with Gasteiger partial charge in [0, 0.05) is 27.1 Å². The summed E-state index contributed by atoms with van der Waals surface area (Å²) in [7, 11) is 0. The van der Waals surface area contributed by atoms with Crippen LogP contribution in [0.3, 0.4) is 0 Å². The van der Waals surface area contributed by atoms with Crippen LogP contribution in [-0.4, -0.2) is 4.98 Å². The number of hydrogen-bond acceptors (Lipinski definition) is 1. The average molecular weight is 660 g/mol. The summed E-state index contributed by atoms with van der Waals surface area (Å²) >= 11 is 0. The molecule has 0 amide bonds. The van der Waals surface area contributed by atoms with Gasteiger partial charge in [0.15, 0.2) is 0 Å². The number of pyridine rings is 1. The van der Waals surface area contributed by atoms with Crippen molar-refractivity contribution >= 4 is 43.4 Å². The van der Waals surface area contributed by atoms with E-state index in [1.807, 2.05) is 0 Å². The van der Waals surface area contributed by atoms with E-state index < -0.39 is 0 Å². The summed E-state index contributed by atoms with van der Waals surface area (Å²) in [5.74, 6) is 0. The van der Waals surface area contributed by atoms with Crippen molar-refractivity contribution in [1.29, 1.82) is 0 Å². The zero-order chi connectivity index (χ0) is 34.4. The molecule has 0 N–H and O–H groups in total. The second-order valence-corrected chi connectivity index (χ2v) is 13.5. The lowest BCUT2D eigenvalue weighted by molar-refractivity contribution is 1.52. The molecule has 0 saturated carbocycles. The topological polar surface area (TPSA) is 12.9 Å². The standard InChI is InChI=1S/C51H33N/c1-3-14-34(15-4-1)42-26-13-27-43(35-16-5-2-6-17-35)48(42)40-22-11-20-38(32-40)39-21-12-23-41(33-39)49-46-30-28-36-18-7-9-24-44(36)50(46)52-51-45-25-10-8-19-37(45)29-31-47(49)51/h1-33H. The van der Waals surface area contributed by atoms with Crippen LogP contribution in [-0.2, 0) is 0 Å². The Balaban J connectivity index is 1.19. The van der Waals surface area contributed by atoms with Gasteiger partial charge in [-0.1, -0.05) is 188 Å². The molecule has 0 saturated heterocycles. The molecule has 10 rings (SSSR count). The first-order valence-corrected chi connectivity index (χ1v) is 17.9. The van der Waals surface area contributed by atoms with Gasteiger partial charge in [-0.2, -0.15) is 0 Å². The highest BCUT2D eigenvalue weighted by atomic mass is 14.7. The van der Waals surface area contributed by atoms with E-state index in [1.54, 1.807) is 0 Å². The van der Waals surface area contributed by atoms with E-state index in [9.17, 15) is 0 Å². The van der Waals surface area contributed by atoms with E-state index in [2.05, 4.69) is 200 Å². The minimum absolute atomic E-state index is 1.04. The third-order valence-electron chi connectivity index (χ3n) is 10.4. The molecular weight excluding hydrogens is 627 g/mol. The van der Waals surface area contributed by atoms with Crippen LogP contribution in [0.5, 0.6) is 0 Å². The van der Waals surface area contributed by atoms with Crippen molar-refractivity contribution < 1.29 is 0 Å². The predicted octanol–water partition coefficient (Wildman–Crippen LogP) is 14.0. The van der Waals surface area contributed by atoms with Crippen LogP contribution in [0.1, 0.15) is 0 Å². The molecule has 1 heterocycles. The molecule has 0 radical (unpaired) electrons.